The van der Waals surface area contributed by atoms with Crippen LogP contribution in [0.1, 0.15) is 27.7 Å². The molecule has 2 aromatic carbocycles. The Labute approximate surface area is 151 Å². The van der Waals surface area contributed by atoms with E-state index in [1.807, 2.05) is 43.3 Å². The van der Waals surface area contributed by atoms with Gasteiger partial charge in [0.15, 0.2) is 0 Å². The SMILES string of the molecule is CCNCc1cccc(NC(=O)c2sc3ccc(OC)cc3c2C)c1. The van der Waals surface area contributed by atoms with E-state index < -0.39 is 0 Å². The largest absolute Gasteiger partial charge is 0.497 e. The van der Waals surface area contributed by atoms with E-state index in [-0.39, 0.29) is 5.91 Å². The van der Waals surface area contributed by atoms with Crippen molar-refractivity contribution >= 4 is 33.0 Å². The van der Waals surface area contributed by atoms with E-state index in [9.17, 15) is 4.79 Å². The second-order valence-electron chi connectivity index (χ2n) is 5.85. The number of carbonyl (C=O) groups excluding carboxylic acids is 1. The lowest BCUT2D eigenvalue weighted by Crippen LogP contribution is -2.13. The topological polar surface area (TPSA) is 50.4 Å². The van der Waals surface area contributed by atoms with Crippen molar-refractivity contribution < 1.29 is 9.53 Å². The van der Waals surface area contributed by atoms with Gasteiger partial charge in [0, 0.05) is 16.9 Å². The number of fused-ring (bicyclic) bond motifs is 1. The highest BCUT2D eigenvalue weighted by Gasteiger charge is 2.16. The number of thiophene rings is 1. The van der Waals surface area contributed by atoms with E-state index in [0.29, 0.717) is 0 Å². The maximum Gasteiger partial charge on any atom is 0.266 e. The van der Waals surface area contributed by atoms with Gasteiger partial charge in [-0.3, -0.25) is 4.79 Å². The number of carbonyl (C=O) groups is 1. The molecular formula is C20H22N2O2S. The summed E-state index contributed by atoms with van der Waals surface area (Å²) >= 11 is 1.51. The number of methoxy groups -OCH3 is 1. The molecule has 4 nitrogen and oxygen atoms in total. The van der Waals surface area contributed by atoms with Crippen LogP contribution < -0.4 is 15.4 Å². The summed E-state index contributed by atoms with van der Waals surface area (Å²) in [6, 6.07) is 13.8. The highest BCUT2D eigenvalue weighted by atomic mass is 32.1. The first-order chi connectivity index (χ1) is 12.1. The zero-order valence-electron chi connectivity index (χ0n) is 14.7. The van der Waals surface area contributed by atoms with Crippen molar-refractivity contribution in [3.05, 3.63) is 58.5 Å². The smallest absolute Gasteiger partial charge is 0.266 e. The van der Waals surface area contributed by atoms with Gasteiger partial charge in [-0.15, -0.1) is 11.3 Å². The summed E-state index contributed by atoms with van der Waals surface area (Å²) in [5, 5.41) is 7.37. The van der Waals surface area contributed by atoms with Gasteiger partial charge in [-0.05, 0) is 60.3 Å². The molecular weight excluding hydrogens is 332 g/mol. The molecule has 130 valence electrons. The molecule has 2 N–H and O–H groups in total. The van der Waals surface area contributed by atoms with Gasteiger partial charge in [0.2, 0.25) is 0 Å². The van der Waals surface area contributed by atoms with Crippen molar-refractivity contribution in [2.24, 2.45) is 0 Å². The first kappa shape index (κ1) is 17.5. The lowest BCUT2D eigenvalue weighted by atomic mass is 10.1. The van der Waals surface area contributed by atoms with E-state index >= 15 is 0 Å². The zero-order valence-corrected chi connectivity index (χ0v) is 15.5. The van der Waals surface area contributed by atoms with E-state index in [1.165, 1.54) is 11.3 Å². The first-order valence-electron chi connectivity index (χ1n) is 8.30. The van der Waals surface area contributed by atoms with Gasteiger partial charge in [0.1, 0.15) is 5.75 Å². The number of amides is 1. The van der Waals surface area contributed by atoms with Crippen LogP contribution in [0.4, 0.5) is 5.69 Å². The Morgan fingerprint density at radius 1 is 1.20 bits per heavy atom. The standard InChI is InChI=1S/C20H22N2O2S/c1-4-21-12-14-6-5-7-15(10-14)22-20(23)19-13(2)17-11-16(24-3)8-9-18(17)25-19/h5-11,21H,4,12H2,1-3H3,(H,22,23). The van der Waals surface area contributed by atoms with Crippen LogP contribution in [-0.4, -0.2) is 19.6 Å². The molecule has 3 aromatic rings. The fraction of sp³-hybridized carbons (Fsp3) is 0.250. The van der Waals surface area contributed by atoms with Crippen LogP contribution in [0, 0.1) is 6.92 Å². The Morgan fingerprint density at radius 3 is 2.80 bits per heavy atom. The minimum atomic E-state index is -0.0710. The Morgan fingerprint density at radius 2 is 2.04 bits per heavy atom. The lowest BCUT2D eigenvalue weighted by Gasteiger charge is -2.07. The molecule has 0 fully saturated rings. The molecule has 3 rings (SSSR count). The van der Waals surface area contributed by atoms with Gasteiger partial charge in [-0.2, -0.15) is 0 Å². The average molecular weight is 354 g/mol. The minimum Gasteiger partial charge on any atom is -0.497 e. The third-order valence-electron chi connectivity index (χ3n) is 4.11. The summed E-state index contributed by atoms with van der Waals surface area (Å²) in [6.45, 7) is 5.77. The van der Waals surface area contributed by atoms with E-state index in [0.717, 1.165) is 50.6 Å². The molecule has 5 heteroatoms. The van der Waals surface area contributed by atoms with Crippen LogP contribution in [-0.2, 0) is 6.54 Å². The van der Waals surface area contributed by atoms with Crippen LogP contribution in [0.15, 0.2) is 42.5 Å². The second kappa shape index (κ2) is 7.68. The molecule has 0 unspecified atom stereocenters. The number of hydrogen-bond donors (Lipinski definition) is 2. The number of ether oxygens (including phenoxy) is 1. The molecule has 25 heavy (non-hydrogen) atoms. The van der Waals surface area contributed by atoms with Gasteiger partial charge in [-0.25, -0.2) is 0 Å². The van der Waals surface area contributed by atoms with Crippen LogP contribution in [0.25, 0.3) is 10.1 Å². The third-order valence-corrected chi connectivity index (χ3v) is 5.39. The van der Waals surface area contributed by atoms with Crippen molar-refractivity contribution in [2.75, 3.05) is 19.0 Å². The quantitative estimate of drug-likeness (QED) is 0.681. The van der Waals surface area contributed by atoms with Crippen LogP contribution in [0.2, 0.25) is 0 Å². The van der Waals surface area contributed by atoms with Crippen molar-refractivity contribution in [1.29, 1.82) is 0 Å². The summed E-state index contributed by atoms with van der Waals surface area (Å²) < 4.78 is 6.37. The molecule has 0 aliphatic carbocycles. The maximum atomic E-state index is 12.7. The van der Waals surface area contributed by atoms with Gasteiger partial charge < -0.3 is 15.4 Å². The van der Waals surface area contributed by atoms with Crippen molar-refractivity contribution in [3.63, 3.8) is 0 Å². The summed E-state index contributed by atoms with van der Waals surface area (Å²) in [7, 11) is 1.65. The molecule has 0 spiro atoms. The Hall–Kier alpha value is -2.37. The van der Waals surface area contributed by atoms with E-state index in [4.69, 9.17) is 4.74 Å². The molecule has 0 radical (unpaired) electrons. The molecule has 0 saturated carbocycles. The predicted octanol–water partition coefficient (Wildman–Crippen LogP) is 4.58. The molecule has 0 bridgehead atoms. The Balaban J connectivity index is 1.84. The lowest BCUT2D eigenvalue weighted by molar-refractivity contribution is 0.103. The number of hydrogen-bond acceptors (Lipinski definition) is 4. The van der Waals surface area contributed by atoms with Crippen LogP contribution >= 0.6 is 11.3 Å². The summed E-state index contributed by atoms with van der Waals surface area (Å²) in [5.74, 6) is 0.731. The molecule has 0 atom stereocenters. The van der Waals surface area contributed by atoms with E-state index in [2.05, 4.69) is 23.6 Å². The van der Waals surface area contributed by atoms with Crippen molar-refractivity contribution in [2.45, 2.75) is 20.4 Å². The Bertz CT molecular complexity index is 902. The van der Waals surface area contributed by atoms with Gasteiger partial charge in [-0.1, -0.05) is 19.1 Å². The highest BCUT2D eigenvalue weighted by Crippen LogP contribution is 2.33. The van der Waals surface area contributed by atoms with Gasteiger partial charge in [0.25, 0.3) is 5.91 Å². The third kappa shape index (κ3) is 3.83. The Kier molecular flexibility index (Phi) is 5.36. The van der Waals surface area contributed by atoms with Gasteiger partial charge in [0.05, 0.1) is 12.0 Å². The summed E-state index contributed by atoms with van der Waals surface area (Å²) in [5.41, 5.74) is 2.95. The monoisotopic (exact) mass is 354 g/mol. The van der Waals surface area contributed by atoms with Crippen molar-refractivity contribution in [1.82, 2.24) is 5.32 Å². The number of rotatable bonds is 6. The fourth-order valence-corrected chi connectivity index (χ4v) is 3.84. The van der Waals surface area contributed by atoms with Crippen LogP contribution in [0.3, 0.4) is 0 Å². The molecule has 1 aromatic heterocycles. The predicted molar refractivity (Wildman–Crippen MR) is 105 cm³/mol. The second-order valence-corrected chi connectivity index (χ2v) is 6.91. The fourth-order valence-electron chi connectivity index (χ4n) is 2.76. The normalized spacial score (nSPS) is 10.8. The number of aryl methyl sites for hydroxylation is 1. The maximum absolute atomic E-state index is 12.7. The molecule has 0 saturated heterocycles. The number of benzene rings is 2. The highest BCUT2D eigenvalue weighted by molar-refractivity contribution is 7.21. The molecule has 0 aliphatic heterocycles. The zero-order chi connectivity index (χ0) is 17.8. The molecule has 0 aliphatic rings. The van der Waals surface area contributed by atoms with E-state index in [1.54, 1.807) is 7.11 Å². The first-order valence-corrected chi connectivity index (χ1v) is 9.12. The van der Waals surface area contributed by atoms with Crippen LogP contribution in [0.5, 0.6) is 5.75 Å². The minimum absolute atomic E-state index is 0.0710. The summed E-state index contributed by atoms with van der Waals surface area (Å²) in [4.78, 5) is 13.5. The molecule has 1 heterocycles. The van der Waals surface area contributed by atoms with Crippen molar-refractivity contribution in [3.8, 4) is 5.75 Å². The van der Waals surface area contributed by atoms with Gasteiger partial charge >= 0.3 is 0 Å². The summed E-state index contributed by atoms with van der Waals surface area (Å²) in [6.07, 6.45) is 0. The number of anilines is 1. The molecule has 1 amide bonds. The number of nitrogens with one attached hydrogen (secondary N) is 2. The average Bonchev–Trinajstić information content (AvgIpc) is 2.96.